The van der Waals surface area contributed by atoms with Crippen molar-refractivity contribution in [1.29, 1.82) is 0 Å². The van der Waals surface area contributed by atoms with Crippen LogP contribution in [0.15, 0.2) is 53.9 Å². The number of amides is 1. The Balaban J connectivity index is 1.64. The van der Waals surface area contributed by atoms with Gasteiger partial charge in [-0.05, 0) is 37.5 Å². The van der Waals surface area contributed by atoms with Gasteiger partial charge in [-0.2, -0.15) is 0 Å². The van der Waals surface area contributed by atoms with Crippen LogP contribution in [-0.4, -0.2) is 48.1 Å². The van der Waals surface area contributed by atoms with E-state index >= 15 is 0 Å². The molecule has 3 heterocycles. The second-order valence-electron chi connectivity index (χ2n) is 8.20. The van der Waals surface area contributed by atoms with Gasteiger partial charge in [0.1, 0.15) is 17.5 Å². The highest BCUT2D eigenvalue weighted by Gasteiger charge is 2.38. The van der Waals surface area contributed by atoms with Crippen LogP contribution in [0.2, 0.25) is 5.15 Å². The summed E-state index contributed by atoms with van der Waals surface area (Å²) in [5, 5.41) is 0.349. The van der Waals surface area contributed by atoms with Crippen LogP contribution in [0.4, 0.5) is 0 Å². The summed E-state index contributed by atoms with van der Waals surface area (Å²) >= 11 is 5.96. The molecule has 7 nitrogen and oxygen atoms in total. The Hall–Kier alpha value is -2.90. The number of nitrogens with zero attached hydrogens (tertiary/aromatic N) is 2. The number of hydrogen-bond acceptors (Lipinski definition) is 6. The van der Waals surface area contributed by atoms with E-state index in [1.807, 2.05) is 24.3 Å². The van der Waals surface area contributed by atoms with Crippen molar-refractivity contribution in [3.05, 3.63) is 70.1 Å². The highest BCUT2D eigenvalue weighted by Crippen LogP contribution is 2.38. The number of methoxy groups -OCH3 is 1. The quantitative estimate of drug-likeness (QED) is 0.444. The van der Waals surface area contributed by atoms with Crippen LogP contribution in [-0.2, 0) is 25.7 Å². The number of hydrogen-bond donors (Lipinski definition) is 0. The number of benzene rings is 1. The van der Waals surface area contributed by atoms with Gasteiger partial charge in [-0.15, -0.1) is 0 Å². The number of carbonyl (C=O) groups is 2. The lowest BCUT2D eigenvalue weighted by Crippen LogP contribution is -2.42. The molecule has 1 saturated heterocycles. The van der Waals surface area contributed by atoms with E-state index in [1.165, 1.54) is 0 Å². The van der Waals surface area contributed by atoms with Crippen molar-refractivity contribution in [3.63, 3.8) is 0 Å². The van der Waals surface area contributed by atoms with Gasteiger partial charge in [-0.1, -0.05) is 35.9 Å². The minimum absolute atomic E-state index is 0.0245. The lowest BCUT2D eigenvalue weighted by Gasteiger charge is -2.35. The van der Waals surface area contributed by atoms with Gasteiger partial charge in [0.2, 0.25) is 5.91 Å². The summed E-state index contributed by atoms with van der Waals surface area (Å²) in [6.45, 7) is 2.98. The average Bonchev–Trinajstić information content (AvgIpc) is 3.34. The summed E-state index contributed by atoms with van der Waals surface area (Å²) < 4.78 is 16.8. The number of para-hydroxylation sites is 1. The molecule has 1 aromatic heterocycles. The second-order valence-corrected chi connectivity index (χ2v) is 8.58. The molecule has 8 heteroatoms. The summed E-state index contributed by atoms with van der Waals surface area (Å²) in [6.07, 6.45) is 3.60. The summed E-state index contributed by atoms with van der Waals surface area (Å²) in [7, 11) is 1.58. The first-order valence-electron chi connectivity index (χ1n) is 11.0. The molecule has 1 fully saturated rings. The molecule has 2 atom stereocenters. The van der Waals surface area contributed by atoms with Crippen LogP contribution >= 0.6 is 11.6 Å². The number of rotatable bonds is 7. The minimum Gasteiger partial charge on any atom is -0.496 e. The zero-order valence-corrected chi connectivity index (χ0v) is 19.5. The SMILES string of the molecule is COc1ccccc1COC(=O)C1=C(C)N(C[C@@H]2CCCO2)C(=O)C[C@@H]1c1ccc(Cl)nc1. The third-order valence-corrected chi connectivity index (χ3v) is 6.38. The Labute approximate surface area is 198 Å². The Bertz CT molecular complexity index is 1050. The molecule has 0 bridgehead atoms. The molecule has 0 unspecified atom stereocenters. The summed E-state index contributed by atoms with van der Waals surface area (Å²) in [4.78, 5) is 32.3. The highest BCUT2D eigenvalue weighted by atomic mass is 35.5. The summed E-state index contributed by atoms with van der Waals surface area (Å²) in [5.74, 6) is -0.339. The average molecular weight is 471 g/mol. The van der Waals surface area contributed by atoms with Gasteiger partial charge in [0, 0.05) is 36.4 Å². The lowest BCUT2D eigenvalue weighted by molar-refractivity contribution is -0.141. The number of aromatic nitrogens is 1. The minimum atomic E-state index is -0.469. The van der Waals surface area contributed by atoms with Crippen molar-refractivity contribution in [2.45, 2.75) is 44.8 Å². The number of halogens is 1. The lowest BCUT2D eigenvalue weighted by atomic mass is 9.84. The van der Waals surface area contributed by atoms with Crippen LogP contribution in [0.5, 0.6) is 5.75 Å². The molecule has 0 saturated carbocycles. The first-order chi connectivity index (χ1) is 16.0. The molecule has 0 aliphatic carbocycles. The fourth-order valence-electron chi connectivity index (χ4n) is 4.41. The number of pyridine rings is 1. The van der Waals surface area contributed by atoms with Crippen molar-refractivity contribution in [2.24, 2.45) is 0 Å². The van der Waals surface area contributed by atoms with Gasteiger partial charge in [0.15, 0.2) is 0 Å². The largest absolute Gasteiger partial charge is 0.496 e. The molecule has 2 aromatic rings. The van der Waals surface area contributed by atoms with Crippen molar-refractivity contribution in [3.8, 4) is 5.75 Å². The van der Waals surface area contributed by atoms with Gasteiger partial charge in [-0.25, -0.2) is 9.78 Å². The molecule has 33 heavy (non-hydrogen) atoms. The maximum absolute atomic E-state index is 13.4. The maximum Gasteiger partial charge on any atom is 0.336 e. The molecular weight excluding hydrogens is 444 g/mol. The van der Waals surface area contributed by atoms with Crippen molar-refractivity contribution < 1.29 is 23.8 Å². The van der Waals surface area contributed by atoms with Gasteiger partial charge < -0.3 is 19.1 Å². The Morgan fingerprint density at radius 2 is 2.09 bits per heavy atom. The van der Waals surface area contributed by atoms with Crippen LogP contribution in [0.25, 0.3) is 0 Å². The van der Waals surface area contributed by atoms with Gasteiger partial charge in [0.05, 0.1) is 25.3 Å². The number of carbonyl (C=O) groups excluding carboxylic acids is 2. The predicted molar refractivity (Wildman–Crippen MR) is 123 cm³/mol. The third-order valence-electron chi connectivity index (χ3n) is 6.16. The molecule has 174 valence electrons. The van der Waals surface area contributed by atoms with E-state index in [-0.39, 0.29) is 25.0 Å². The molecule has 2 aliphatic heterocycles. The maximum atomic E-state index is 13.4. The monoisotopic (exact) mass is 470 g/mol. The molecule has 0 radical (unpaired) electrons. The van der Waals surface area contributed by atoms with Crippen LogP contribution < -0.4 is 4.74 Å². The number of ether oxygens (including phenoxy) is 3. The second kappa shape index (κ2) is 10.4. The van der Waals surface area contributed by atoms with E-state index in [1.54, 1.807) is 37.3 Å². The third kappa shape index (κ3) is 5.20. The number of esters is 1. The molecular formula is C25H27ClN2O5. The van der Waals surface area contributed by atoms with Crippen LogP contribution in [0.1, 0.15) is 43.2 Å². The molecule has 2 aliphatic rings. The van der Waals surface area contributed by atoms with Gasteiger partial charge in [-0.3, -0.25) is 4.79 Å². The highest BCUT2D eigenvalue weighted by molar-refractivity contribution is 6.29. The van der Waals surface area contributed by atoms with Gasteiger partial charge in [0.25, 0.3) is 0 Å². The summed E-state index contributed by atoms with van der Waals surface area (Å²) in [5.41, 5.74) is 2.55. The fraction of sp³-hybridized carbons (Fsp3) is 0.400. The zero-order chi connectivity index (χ0) is 23.4. The summed E-state index contributed by atoms with van der Waals surface area (Å²) in [6, 6.07) is 10.8. The predicted octanol–water partition coefficient (Wildman–Crippen LogP) is 4.26. The van der Waals surface area contributed by atoms with E-state index in [9.17, 15) is 9.59 Å². The molecule has 4 rings (SSSR count). The van der Waals surface area contributed by atoms with Crippen LogP contribution in [0, 0.1) is 0 Å². The van der Waals surface area contributed by atoms with E-state index in [4.69, 9.17) is 25.8 Å². The van der Waals surface area contributed by atoms with E-state index in [0.29, 0.717) is 35.3 Å². The fourth-order valence-corrected chi connectivity index (χ4v) is 4.53. The van der Waals surface area contributed by atoms with Gasteiger partial charge >= 0.3 is 5.97 Å². The Morgan fingerprint density at radius 3 is 2.79 bits per heavy atom. The Kier molecular flexibility index (Phi) is 7.30. The van der Waals surface area contributed by atoms with Crippen molar-refractivity contribution in [2.75, 3.05) is 20.3 Å². The van der Waals surface area contributed by atoms with Crippen LogP contribution in [0.3, 0.4) is 0 Å². The zero-order valence-electron chi connectivity index (χ0n) is 18.8. The first kappa shape index (κ1) is 23.3. The normalized spacial score (nSPS) is 20.8. The van der Waals surface area contributed by atoms with E-state index in [0.717, 1.165) is 24.0 Å². The molecule has 0 N–H and O–H groups in total. The first-order valence-corrected chi connectivity index (χ1v) is 11.4. The topological polar surface area (TPSA) is 78.0 Å². The van der Waals surface area contributed by atoms with Crippen molar-refractivity contribution in [1.82, 2.24) is 9.88 Å². The number of allylic oxidation sites excluding steroid dienone is 1. The molecule has 1 amide bonds. The van der Waals surface area contributed by atoms with Crippen molar-refractivity contribution >= 4 is 23.5 Å². The Morgan fingerprint density at radius 1 is 1.27 bits per heavy atom. The van der Waals surface area contributed by atoms with E-state index in [2.05, 4.69) is 4.98 Å². The smallest absolute Gasteiger partial charge is 0.336 e. The molecule has 0 spiro atoms. The standard InChI is InChI=1S/C25H27ClN2O5/c1-16-24(25(30)33-15-18-6-3-4-8-21(18)31-2)20(17-9-10-22(26)27-13-17)12-23(29)28(16)14-19-7-5-11-32-19/h3-4,6,8-10,13,19-20H,5,7,11-12,14-15H2,1-2H3/t19-,20+/m0/s1. The van der Waals surface area contributed by atoms with E-state index < -0.39 is 11.9 Å². The molecule has 1 aromatic carbocycles.